The number of hydrogen-bond acceptors (Lipinski definition) is 3. The molecular weight excluding hydrogens is 260 g/mol. The van der Waals surface area contributed by atoms with E-state index in [0.717, 1.165) is 15.6 Å². The maximum atomic E-state index is 10.9. The molecule has 0 aliphatic carbocycles. The minimum atomic E-state index is -1.05. The predicted octanol–water partition coefficient (Wildman–Crippen LogP) is 3.97. The molecule has 4 heteroatoms. The monoisotopic (exact) mass is 270 g/mol. The molecule has 0 saturated heterocycles. The van der Waals surface area contributed by atoms with E-state index >= 15 is 0 Å². The number of carboxylic acids is 1. The first-order valence-corrected chi connectivity index (χ1v) is 6.57. The highest BCUT2D eigenvalue weighted by molar-refractivity contribution is 7.17. The summed E-state index contributed by atoms with van der Waals surface area (Å²) in [5.74, 6) is -1.06. The third-order valence-electron chi connectivity index (χ3n) is 3.01. The molecule has 3 aromatic rings. The second-order valence-electron chi connectivity index (χ2n) is 4.18. The van der Waals surface area contributed by atoms with E-state index in [1.807, 2.05) is 29.6 Å². The van der Waals surface area contributed by atoms with Crippen LogP contribution in [0, 0.1) is 0 Å². The third-order valence-corrected chi connectivity index (χ3v) is 3.98. The summed E-state index contributed by atoms with van der Waals surface area (Å²) in [5.41, 5.74) is 1.65. The lowest BCUT2D eigenvalue weighted by atomic mass is 10.0. The van der Waals surface area contributed by atoms with E-state index in [0.29, 0.717) is 5.56 Å². The summed E-state index contributed by atoms with van der Waals surface area (Å²) >= 11 is 1.60. The minimum absolute atomic E-state index is 0.0131. The van der Waals surface area contributed by atoms with Crippen molar-refractivity contribution in [2.45, 2.75) is 0 Å². The smallest absolute Gasteiger partial charge is 0.335 e. The zero-order valence-corrected chi connectivity index (χ0v) is 10.6. The summed E-state index contributed by atoms with van der Waals surface area (Å²) in [6.07, 6.45) is 0. The van der Waals surface area contributed by atoms with Gasteiger partial charge >= 0.3 is 5.97 Å². The van der Waals surface area contributed by atoms with Crippen LogP contribution in [-0.4, -0.2) is 16.2 Å². The van der Waals surface area contributed by atoms with E-state index < -0.39 is 5.97 Å². The number of carboxylic acid groups (broad SMARTS) is 1. The Hall–Kier alpha value is -2.33. The standard InChI is InChI=1S/C15H10O3S/c16-13-8-10(15(17)18)4-5-11(13)12-3-1-2-9-6-7-19-14(9)12/h1-8,16H,(H,17,18). The van der Waals surface area contributed by atoms with Gasteiger partial charge in [0.1, 0.15) is 5.75 Å². The van der Waals surface area contributed by atoms with Crippen molar-refractivity contribution in [2.75, 3.05) is 0 Å². The van der Waals surface area contributed by atoms with E-state index in [-0.39, 0.29) is 11.3 Å². The Morgan fingerprint density at radius 3 is 2.63 bits per heavy atom. The number of hydrogen-bond donors (Lipinski definition) is 2. The van der Waals surface area contributed by atoms with Gasteiger partial charge in [0.25, 0.3) is 0 Å². The third kappa shape index (κ3) is 1.96. The molecule has 0 radical (unpaired) electrons. The van der Waals surface area contributed by atoms with E-state index in [1.54, 1.807) is 17.4 Å². The molecule has 19 heavy (non-hydrogen) atoms. The zero-order valence-electron chi connectivity index (χ0n) is 9.83. The van der Waals surface area contributed by atoms with Crippen molar-refractivity contribution in [3.8, 4) is 16.9 Å². The molecule has 94 valence electrons. The molecule has 0 spiro atoms. The topological polar surface area (TPSA) is 57.5 Å². The zero-order chi connectivity index (χ0) is 13.4. The average Bonchev–Trinajstić information content (AvgIpc) is 2.86. The number of phenolic OH excluding ortho intramolecular Hbond substituents is 1. The Morgan fingerprint density at radius 2 is 1.89 bits per heavy atom. The van der Waals surface area contributed by atoms with Crippen LogP contribution < -0.4 is 0 Å². The highest BCUT2D eigenvalue weighted by Gasteiger charge is 2.11. The van der Waals surface area contributed by atoms with Gasteiger partial charge in [0.2, 0.25) is 0 Å². The Morgan fingerprint density at radius 1 is 1.05 bits per heavy atom. The van der Waals surface area contributed by atoms with Crippen LogP contribution >= 0.6 is 11.3 Å². The van der Waals surface area contributed by atoms with Crippen LogP contribution in [-0.2, 0) is 0 Å². The molecule has 0 aliphatic rings. The van der Waals surface area contributed by atoms with E-state index in [2.05, 4.69) is 0 Å². The molecular formula is C15H10O3S. The van der Waals surface area contributed by atoms with Gasteiger partial charge in [0, 0.05) is 15.8 Å². The molecule has 0 amide bonds. The van der Waals surface area contributed by atoms with Gasteiger partial charge in [-0.1, -0.05) is 18.2 Å². The largest absolute Gasteiger partial charge is 0.507 e. The quantitative estimate of drug-likeness (QED) is 0.740. The van der Waals surface area contributed by atoms with Crippen LogP contribution in [0.4, 0.5) is 0 Å². The van der Waals surface area contributed by atoms with Crippen LogP contribution in [0.5, 0.6) is 5.75 Å². The van der Waals surface area contributed by atoms with Crippen molar-refractivity contribution in [3.63, 3.8) is 0 Å². The first kappa shape index (κ1) is 11.7. The fraction of sp³-hybridized carbons (Fsp3) is 0. The predicted molar refractivity (Wildman–Crippen MR) is 75.9 cm³/mol. The number of benzene rings is 2. The number of thiophene rings is 1. The van der Waals surface area contributed by atoms with E-state index in [1.165, 1.54) is 12.1 Å². The lowest BCUT2D eigenvalue weighted by molar-refractivity contribution is 0.0696. The molecule has 1 aromatic heterocycles. The molecule has 3 rings (SSSR count). The Labute approximate surface area is 113 Å². The van der Waals surface area contributed by atoms with Crippen molar-refractivity contribution >= 4 is 27.4 Å². The van der Waals surface area contributed by atoms with Gasteiger partial charge in [-0.15, -0.1) is 11.3 Å². The minimum Gasteiger partial charge on any atom is -0.507 e. The van der Waals surface area contributed by atoms with Crippen LogP contribution in [0.2, 0.25) is 0 Å². The average molecular weight is 270 g/mol. The Kier molecular flexibility index (Phi) is 2.72. The maximum absolute atomic E-state index is 10.9. The SMILES string of the molecule is O=C(O)c1ccc(-c2cccc3ccsc23)c(O)c1. The number of aromatic carboxylic acids is 1. The van der Waals surface area contributed by atoms with Crippen LogP contribution in [0.1, 0.15) is 10.4 Å². The molecule has 3 nitrogen and oxygen atoms in total. The van der Waals surface area contributed by atoms with Gasteiger partial charge in [-0.25, -0.2) is 4.79 Å². The molecule has 0 unspecified atom stereocenters. The van der Waals surface area contributed by atoms with Crippen molar-refractivity contribution in [1.82, 2.24) is 0 Å². The lowest BCUT2D eigenvalue weighted by Gasteiger charge is -2.07. The van der Waals surface area contributed by atoms with Gasteiger partial charge in [-0.3, -0.25) is 0 Å². The van der Waals surface area contributed by atoms with Crippen molar-refractivity contribution in [2.24, 2.45) is 0 Å². The summed E-state index contributed by atoms with van der Waals surface area (Å²) in [6.45, 7) is 0. The summed E-state index contributed by atoms with van der Waals surface area (Å²) in [7, 11) is 0. The molecule has 1 heterocycles. The molecule has 0 saturated carbocycles. The highest BCUT2D eigenvalue weighted by atomic mass is 32.1. The molecule has 2 N–H and O–H groups in total. The normalized spacial score (nSPS) is 10.7. The summed E-state index contributed by atoms with van der Waals surface area (Å²) < 4.78 is 1.08. The number of aromatic hydroxyl groups is 1. The fourth-order valence-corrected chi connectivity index (χ4v) is 3.03. The molecule has 0 fully saturated rings. The Bertz CT molecular complexity index is 774. The van der Waals surface area contributed by atoms with Gasteiger partial charge in [0.05, 0.1) is 5.56 Å². The highest BCUT2D eigenvalue weighted by Crippen LogP contribution is 2.37. The van der Waals surface area contributed by atoms with Gasteiger partial charge in [-0.2, -0.15) is 0 Å². The van der Waals surface area contributed by atoms with Crippen molar-refractivity contribution in [1.29, 1.82) is 0 Å². The summed E-state index contributed by atoms with van der Waals surface area (Å²) in [5, 5.41) is 22.0. The van der Waals surface area contributed by atoms with Gasteiger partial charge in [-0.05, 0) is 35.0 Å². The van der Waals surface area contributed by atoms with Crippen LogP contribution in [0.3, 0.4) is 0 Å². The molecule has 0 aliphatic heterocycles. The van der Waals surface area contributed by atoms with E-state index in [4.69, 9.17) is 5.11 Å². The van der Waals surface area contributed by atoms with Gasteiger partial charge < -0.3 is 10.2 Å². The first-order valence-electron chi connectivity index (χ1n) is 5.70. The summed E-state index contributed by atoms with van der Waals surface area (Å²) in [4.78, 5) is 10.9. The Balaban J connectivity index is 2.22. The second kappa shape index (κ2) is 4.40. The number of rotatable bonds is 2. The van der Waals surface area contributed by atoms with Crippen molar-refractivity contribution < 1.29 is 15.0 Å². The fourth-order valence-electron chi connectivity index (χ4n) is 2.10. The number of fused-ring (bicyclic) bond motifs is 1. The second-order valence-corrected chi connectivity index (χ2v) is 5.10. The first-order chi connectivity index (χ1) is 9.16. The van der Waals surface area contributed by atoms with Crippen molar-refractivity contribution in [3.05, 3.63) is 53.4 Å². The maximum Gasteiger partial charge on any atom is 0.335 e. The molecule has 0 atom stereocenters. The number of phenols is 1. The molecule has 0 bridgehead atoms. The van der Waals surface area contributed by atoms with Gasteiger partial charge in [0.15, 0.2) is 0 Å². The van der Waals surface area contributed by atoms with E-state index in [9.17, 15) is 9.90 Å². The van der Waals surface area contributed by atoms with Crippen LogP contribution in [0.15, 0.2) is 47.8 Å². The summed E-state index contributed by atoms with van der Waals surface area (Å²) in [6, 6.07) is 12.3. The lowest BCUT2D eigenvalue weighted by Crippen LogP contribution is -1.95. The number of carbonyl (C=O) groups is 1. The van der Waals surface area contributed by atoms with Crippen LogP contribution in [0.25, 0.3) is 21.2 Å². The molecule has 2 aromatic carbocycles.